The Labute approximate surface area is 179 Å². The summed E-state index contributed by atoms with van der Waals surface area (Å²) in [7, 11) is 0. The number of allylic oxidation sites excluding steroid dienone is 7. The Hall–Kier alpha value is -1.79. The van der Waals surface area contributed by atoms with Crippen LogP contribution in [0.4, 0.5) is 0 Å². The fraction of sp³-hybridized carbons (Fsp3) is 0.565. The fourth-order valence-electron chi connectivity index (χ4n) is 2.47. The van der Waals surface area contributed by atoms with E-state index < -0.39 is 18.0 Å². The lowest BCUT2D eigenvalue weighted by Gasteiger charge is -2.19. The average Bonchev–Trinajstić information content (AvgIpc) is 2.66. The average molecular weight is 425 g/mol. The summed E-state index contributed by atoms with van der Waals surface area (Å²) in [5, 5.41) is 27.5. The molecule has 0 unspecified atom stereocenters. The van der Waals surface area contributed by atoms with Gasteiger partial charge in [-0.25, -0.2) is 0 Å². The SMILES string of the molecule is CCCCC/C=C\C\C=C/C=C/C=C/[C@@H](SCCC(=O)O)[C@@H](O)CCCC(=O)O. The number of aliphatic hydroxyl groups is 1. The molecular weight excluding hydrogens is 388 g/mol. The van der Waals surface area contributed by atoms with Crippen LogP contribution in [0.25, 0.3) is 0 Å². The van der Waals surface area contributed by atoms with Gasteiger partial charge in [0.05, 0.1) is 12.5 Å². The van der Waals surface area contributed by atoms with E-state index in [9.17, 15) is 14.7 Å². The van der Waals surface area contributed by atoms with Gasteiger partial charge in [0, 0.05) is 17.4 Å². The van der Waals surface area contributed by atoms with Crippen molar-refractivity contribution >= 4 is 23.7 Å². The third kappa shape index (κ3) is 19.3. The van der Waals surface area contributed by atoms with E-state index >= 15 is 0 Å². The van der Waals surface area contributed by atoms with Crippen LogP contribution in [0.3, 0.4) is 0 Å². The first-order valence-corrected chi connectivity index (χ1v) is 11.4. The molecule has 5 nitrogen and oxygen atoms in total. The monoisotopic (exact) mass is 424 g/mol. The second-order valence-corrected chi connectivity index (χ2v) is 8.02. The molecule has 0 radical (unpaired) electrons. The second kappa shape index (κ2) is 19.5. The first-order chi connectivity index (χ1) is 14.0. The minimum Gasteiger partial charge on any atom is -0.481 e. The minimum absolute atomic E-state index is 0.0189. The molecule has 6 heteroatoms. The predicted octanol–water partition coefficient (Wildman–Crippen LogP) is 5.37. The maximum Gasteiger partial charge on any atom is 0.304 e. The zero-order valence-electron chi connectivity index (χ0n) is 17.4. The number of aliphatic hydroxyl groups excluding tert-OH is 1. The number of carbonyl (C=O) groups is 2. The molecular formula is C23H36O5S. The van der Waals surface area contributed by atoms with Crippen molar-refractivity contribution in [2.45, 2.75) is 76.1 Å². The normalized spacial score (nSPS) is 14.4. The molecule has 0 rings (SSSR count). The Balaban J connectivity index is 4.38. The fourth-order valence-corrected chi connectivity index (χ4v) is 3.59. The molecule has 0 aliphatic rings. The molecule has 3 N–H and O–H groups in total. The van der Waals surface area contributed by atoms with E-state index in [2.05, 4.69) is 25.2 Å². The summed E-state index contributed by atoms with van der Waals surface area (Å²) >= 11 is 1.37. The molecule has 0 saturated heterocycles. The van der Waals surface area contributed by atoms with Crippen molar-refractivity contribution in [3.05, 3.63) is 48.6 Å². The summed E-state index contributed by atoms with van der Waals surface area (Å²) in [5.74, 6) is -1.35. The lowest BCUT2D eigenvalue weighted by Crippen LogP contribution is -2.22. The van der Waals surface area contributed by atoms with Crippen LogP contribution in [-0.2, 0) is 9.59 Å². The third-order valence-electron chi connectivity index (χ3n) is 4.08. The van der Waals surface area contributed by atoms with Gasteiger partial charge in [-0.05, 0) is 32.1 Å². The van der Waals surface area contributed by atoms with Crippen LogP contribution in [0, 0.1) is 0 Å². The molecule has 0 aromatic heterocycles. The van der Waals surface area contributed by atoms with E-state index in [4.69, 9.17) is 10.2 Å². The van der Waals surface area contributed by atoms with Crippen molar-refractivity contribution in [1.29, 1.82) is 0 Å². The number of thioether (sulfide) groups is 1. The Kier molecular flexibility index (Phi) is 18.3. The van der Waals surface area contributed by atoms with E-state index in [1.54, 1.807) is 0 Å². The van der Waals surface area contributed by atoms with Crippen LogP contribution in [0.15, 0.2) is 48.6 Å². The molecule has 0 aliphatic carbocycles. The van der Waals surface area contributed by atoms with Crippen LogP contribution in [0.2, 0.25) is 0 Å². The first kappa shape index (κ1) is 27.2. The number of carboxylic acids is 2. The minimum atomic E-state index is -0.881. The van der Waals surface area contributed by atoms with Gasteiger partial charge in [0.15, 0.2) is 0 Å². The lowest BCUT2D eigenvalue weighted by molar-refractivity contribution is -0.137. The molecule has 0 aliphatic heterocycles. The second-order valence-electron chi connectivity index (χ2n) is 6.73. The number of hydrogen-bond donors (Lipinski definition) is 3. The molecule has 0 heterocycles. The zero-order valence-corrected chi connectivity index (χ0v) is 18.2. The zero-order chi connectivity index (χ0) is 21.7. The maximum atomic E-state index is 10.7. The molecule has 0 amide bonds. The van der Waals surface area contributed by atoms with E-state index in [1.807, 2.05) is 30.4 Å². The quantitative estimate of drug-likeness (QED) is 0.155. The van der Waals surface area contributed by atoms with Gasteiger partial charge in [0.1, 0.15) is 0 Å². The van der Waals surface area contributed by atoms with Crippen LogP contribution < -0.4 is 0 Å². The molecule has 0 aromatic carbocycles. The molecule has 164 valence electrons. The van der Waals surface area contributed by atoms with E-state index in [1.165, 1.54) is 31.0 Å². The highest BCUT2D eigenvalue weighted by Crippen LogP contribution is 2.21. The van der Waals surface area contributed by atoms with Crippen LogP contribution in [0.5, 0.6) is 0 Å². The number of unbranched alkanes of at least 4 members (excludes halogenated alkanes) is 3. The topological polar surface area (TPSA) is 94.8 Å². The van der Waals surface area contributed by atoms with Crippen LogP contribution >= 0.6 is 11.8 Å². The molecule has 2 atom stereocenters. The molecule has 0 saturated carbocycles. The largest absolute Gasteiger partial charge is 0.481 e. The van der Waals surface area contributed by atoms with E-state index in [-0.39, 0.29) is 18.1 Å². The highest BCUT2D eigenvalue weighted by Gasteiger charge is 2.17. The van der Waals surface area contributed by atoms with Gasteiger partial charge in [0.2, 0.25) is 0 Å². The third-order valence-corrected chi connectivity index (χ3v) is 5.38. The van der Waals surface area contributed by atoms with Gasteiger partial charge >= 0.3 is 11.9 Å². The van der Waals surface area contributed by atoms with Crippen molar-refractivity contribution in [3.63, 3.8) is 0 Å². The Morgan fingerprint density at radius 1 is 0.897 bits per heavy atom. The smallest absolute Gasteiger partial charge is 0.304 e. The van der Waals surface area contributed by atoms with E-state index in [0.29, 0.717) is 18.6 Å². The highest BCUT2D eigenvalue weighted by molar-refractivity contribution is 8.00. The van der Waals surface area contributed by atoms with Crippen molar-refractivity contribution in [1.82, 2.24) is 0 Å². The summed E-state index contributed by atoms with van der Waals surface area (Å²) in [6, 6.07) is 0. The van der Waals surface area contributed by atoms with Crippen molar-refractivity contribution in [3.8, 4) is 0 Å². The number of hydrogen-bond acceptors (Lipinski definition) is 4. The molecule has 0 bridgehead atoms. The Morgan fingerprint density at radius 3 is 2.31 bits per heavy atom. The molecule has 0 spiro atoms. The summed E-state index contributed by atoms with van der Waals surface area (Å²) in [5.41, 5.74) is 0. The van der Waals surface area contributed by atoms with Gasteiger partial charge in [0.25, 0.3) is 0 Å². The summed E-state index contributed by atoms with van der Waals surface area (Å²) in [6.45, 7) is 2.20. The molecule has 29 heavy (non-hydrogen) atoms. The van der Waals surface area contributed by atoms with Gasteiger partial charge in [-0.15, -0.1) is 0 Å². The Bertz CT molecular complexity index is 551. The summed E-state index contributed by atoms with van der Waals surface area (Å²) < 4.78 is 0. The maximum absolute atomic E-state index is 10.7. The van der Waals surface area contributed by atoms with Crippen molar-refractivity contribution in [2.75, 3.05) is 5.75 Å². The van der Waals surface area contributed by atoms with Crippen LogP contribution in [0.1, 0.15) is 64.7 Å². The number of rotatable bonds is 18. The van der Waals surface area contributed by atoms with Gasteiger partial charge in [-0.3, -0.25) is 9.59 Å². The first-order valence-electron chi connectivity index (χ1n) is 10.4. The standard InChI is InChI=1S/C23H36O5S/c1-2-3-4-5-6-7-8-9-10-11-12-13-16-21(29-19-18-23(27)28)20(24)15-14-17-22(25)26/h6-7,9-13,16,20-21,24H,2-5,8,14-15,17-19H2,1H3,(H,25,26)(H,27,28)/b7-6-,10-9-,12-11+,16-13+/t20-,21+/m0/s1. The van der Waals surface area contributed by atoms with Crippen molar-refractivity contribution in [2.24, 2.45) is 0 Å². The molecule has 0 fully saturated rings. The molecule has 0 aromatic rings. The number of aliphatic carboxylic acids is 2. The predicted molar refractivity (Wildman–Crippen MR) is 121 cm³/mol. The van der Waals surface area contributed by atoms with Gasteiger partial charge in [-0.2, -0.15) is 11.8 Å². The summed E-state index contributed by atoms with van der Waals surface area (Å²) in [4.78, 5) is 21.3. The Morgan fingerprint density at radius 2 is 1.62 bits per heavy atom. The van der Waals surface area contributed by atoms with Gasteiger partial charge in [-0.1, -0.05) is 68.4 Å². The van der Waals surface area contributed by atoms with Crippen LogP contribution in [-0.4, -0.2) is 44.4 Å². The van der Waals surface area contributed by atoms with E-state index in [0.717, 1.165) is 12.8 Å². The van der Waals surface area contributed by atoms with Gasteiger partial charge < -0.3 is 15.3 Å². The number of carboxylic acid groups (broad SMARTS) is 2. The lowest BCUT2D eigenvalue weighted by atomic mass is 10.1. The highest BCUT2D eigenvalue weighted by atomic mass is 32.2. The summed E-state index contributed by atoms with van der Waals surface area (Å²) in [6.07, 6.45) is 21.8. The van der Waals surface area contributed by atoms with Crippen molar-refractivity contribution < 1.29 is 24.9 Å².